The van der Waals surface area contributed by atoms with Gasteiger partial charge in [0, 0.05) is 27.4 Å². The molecule has 0 aromatic rings. The highest BCUT2D eigenvalue weighted by Gasteiger charge is 2.45. The minimum absolute atomic E-state index is 0.434. The third-order valence-corrected chi connectivity index (χ3v) is 7.41. The van der Waals surface area contributed by atoms with Crippen LogP contribution in [0, 0.1) is 5.92 Å². The van der Waals surface area contributed by atoms with Crippen LogP contribution in [0.2, 0.25) is 6.04 Å². The van der Waals surface area contributed by atoms with E-state index in [1.807, 2.05) is 0 Å². The Balaban J connectivity index is 0.000000383. The zero-order chi connectivity index (χ0) is 15.9. The number of fused-ring (bicyclic) bond motifs is 1. The minimum Gasteiger partial charge on any atom is -0.377 e. The van der Waals surface area contributed by atoms with Crippen molar-refractivity contribution in [1.82, 2.24) is 4.98 Å². The molecule has 0 aromatic heterocycles. The molecule has 1 heterocycles. The van der Waals surface area contributed by atoms with Crippen LogP contribution < -0.4 is 10.7 Å². The number of urea groups is 1. The Morgan fingerprint density at radius 2 is 1.86 bits per heavy atom. The zero-order valence-electron chi connectivity index (χ0n) is 13.4. The number of nitrogens with one attached hydrogen (secondary N) is 1. The van der Waals surface area contributed by atoms with E-state index >= 15 is 0 Å². The Kier molecular flexibility index (Phi) is 7.84. The average Bonchev–Trinajstić information content (AvgIpc) is 3.28. The summed E-state index contributed by atoms with van der Waals surface area (Å²) in [5, 5.41) is 0. The molecule has 2 fully saturated rings. The van der Waals surface area contributed by atoms with Gasteiger partial charge in [0.25, 0.3) is 0 Å². The number of rotatable bonds is 6. The largest absolute Gasteiger partial charge is 0.500 e. The Hall–Kier alpha value is -0.456. The average molecular weight is 337 g/mol. The Labute approximate surface area is 130 Å². The van der Waals surface area contributed by atoms with Crippen LogP contribution in [0.3, 0.4) is 0 Å². The van der Waals surface area contributed by atoms with E-state index in [-0.39, 0.29) is 0 Å². The quantitative estimate of drug-likeness (QED) is 0.515. The zero-order valence-corrected chi connectivity index (χ0v) is 16.4. The molecule has 0 aromatic carbocycles. The number of amides is 2. The summed E-state index contributed by atoms with van der Waals surface area (Å²) in [4.78, 5) is 11.8. The van der Waals surface area contributed by atoms with Gasteiger partial charge in [0.1, 0.15) is 10.4 Å². The molecule has 9 heteroatoms. The van der Waals surface area contributed by atoms with Crippen molar-refractivity contribution in [3.05, 3.63) is 0 Å². The highest BCUT2D eigenvalue weighted by Crippen LogP contribution is 2.41. The van der Waals surface area contributed by atoms with Crippen LogP contribution in [0.1, 0.15) is 25.7 Å². The number of carbonyl (C=O) groups excluding carboxylic acids is 1. The van der Waals surface area contributed by atoms with Crippen molar-refractivity contribution in [1.29, 1.82) is 0 Å². The lowest BCUT2D eigenvalue weighted by atomic mass is 9.88. The highest BCUT2D eigenvalue weighted by molar-refractivity contribution is 6.60. The van der Waals surface area contributed by atoms with Gasteiger partial charge in [-0.15, -0.1) is 0 Å². The fourth-order valence-electron chi connectivity index (χ4n) is 2.69. The van der Waals surface area contributed by atoms with Crippen LogP contribution in [0.5, 0.6) is 0 Å². The van der Waals surface area contributed by atoms with E-state index in [1.165, 1.54) is 19.3 Å². The predicted octanol–water partition coefficient (Wildman–Crippen LogP) is -0.243. The van der Waals surface area contributed by atoms with Gasteiger partial charge in [-0.3, -0.25) is 4.79 Å². The van der Waals surface area contributed by atoms with Gasteiger partial charge in [-0.25, -0.2) is 0 Å². The van der Waals surface area contributed by atoms with Gasteiger partial charge in [-0.05, 0) is 31.6 Å². The molecule has 1 aliphatic heterocycles. The standard InChI is InChI=1S/C11H22O4Si.CH6N2OSi/c1-12-16(13-2,14-3)7-6-9-4-5-10-11(8-9)15-10;2-1(4)3-5/h9-11H,4-8H2,1-3H3;5H3,(H3,2,3,4). The van der Waals surface area contributed by atoms with Crippen molar-refractivity contribution in [2.75, 3.05) is 21.3 Å². The number of hydrogen-bond acceptors (Lipinski definition) is 5. The molecule has 2 rings (SSSR count). The Morgan fingerprint density at radius 3 is 2.29 bits per heavy atom. The summed E-state index contributed by atoms with van der Waals surface area (Å²) >= 11 is 0. The van der Waals surface area contributed by atoms with E-state index < -0.39 is 14.8 Å². The lowest BCUT2D eigenvalue weighted by molar-refractivity contribution is 0.120. The van der Waals surface area contributed by atoms with Crippen molar-refractivity contribution >= 4 is 25.2 Å². The van der Waals surface area contributed by atoms with Crippen molar-refractivity contribution in [2.24, 2.45) is 11.7 Å². The first-order valence-electron chi connectivity index (χ1n) is 7.28. The van der Waals surface area contributed by atoms with E-state index in [4.69, 9.17) is 18.0 Å². The molecule has 2 amide bonds. The Morgan fingerprint density at radius 1 is 1.29 bits per heavy atom. The summed E-state index contributed by atoms with van der Waals surface area (Å²) in [6.45, 7) is 0. The molecule has 0 bridgehead atoms. The van der Waals surface area contributed by atoms with Crippen molar-refractivity contribution in [2.45, 2.75) is 43.9 Å². The van der Waals surface area contributed by atoms with Crippen molar-refractivity contribution < 1.29 is 22.8 Å². The monoisotopic (exact) mass is 336 g/mol. The lowest BCUT2D eigenvalue weighted by Crippen LogP contribution is -2.43. The Bertz CT molecular complexity index is 323. The lowest BCUT2D eigenvalue weighted by Gasteiger charge is -2.27. The van der Waals surface area contributed by atoms with Crippen LogP contribution >= 0.6 is 0 Å². The second-order valence-corrected chi connectivity index (χ2v) is 8.93. The molecule has 3 unspecified atom stereocenters. The molecule has 7 nitrogen and oxygen atoms in total. The van der Waals surface area contributed by atoms with Gasteiger partial charge in [0.2, 0.25) is 0 Å². The van der Waals surface area contributed by atoms with Gasteiger partial charge in [0.15, 0.2) is 0 Å². The SMILES string of the molecule is CO[Si](CCC1CCC2OC2C1)(OC)OC.NC(=O)N[SiH3]. The number of hydrogen-bond donors (Lipinski definition) is 2. The first-order chi connectivity index (χ1) is 10.00. The molecule has 1 saturated heterocycles. The van der Waals surface area contributed by atoms with Gasteiger partial charge in [-0.2, -0.15) is 0 Å². The van der Waals surface area contributed by atoms with Crippen molar-refractivity contribution in [3.63, 3.8) is 0 Å². The van der Waals surface area contributed by atoms with Gasteiger partial charge >= 0.3 is 14.8 Å². The molecule has 0 radical (unpaired) electrons. The molecule has 1 saturated carbocycles. The van der Waals surface area contributed by atoms with Crippen LogP contribution in [0.4, 0.5) is 4.79 Å². The van der Waals surface area contributed by atoms with Gasteiger partial charge in [0.05, 0.1) is 12.2 Å². The van der Waals surface area contributed by atoms with Gasteiger partial charge in [-0.1, -0.05) is 0 Å². The predicted molar refractivity (Wildman–Crippen MR) is 84.9 cm³/mol. The van der Waals surface area contributed by atoms with E-state index in [1.54, 1.807) is 21.3 Å². The normalized spacial score (nSPS) is 27.3. The molecular weight excluding hydrogens is 308 g/mol. The van der Waals surface area contributed by atoms with E-state index in [9.17, 15) is 4.79 Å². The minimum atomic E-state index is -2.35. The maximum Gasteiger partial charge on any atom is 0.500 e. The second-order valence-electron chi connectivity index (χ2n) is 5.34. The highest BCUT2D eigenvalue weighted by atomic mass is 28.4. The summed E-state index contributed by atoms with van der Waals surface area (Å²) in [5.41, 5.74) is 4.58. The molecule has 21 heavy (non-hydrogen) atoms. The summed E-state index contributed by atoms with van der Waals surface area (Å²) in [5.74, 6) is 0.760. The molecule has 124 valence electrons. The van der Waals surface area contributed by atoms with Crippen LogP contribution in [0.15, 0.2) is 0 Å². The van der Waals surface area contributed by atoms with E-state index in [0.29, 0.717) is 22.6 Å². The number of nitrogens with two attached hydrogens (primary N) is 1. The van der Waals surface area contributed by atoms with Gasteiger partial charge < -0.3 is 28.7 Å². The van der Waals surface area contributed by atoms with Crippen LogP contribution in [-0.4, -0.2) is 58.8 Å². The summed E-state index contributed by atoms with van der Waals surface area (Å²) < 4.78 is 21.8. The third kappa shape index (κ3) is 6.05. The summed E-state index contributed by atoms with van der Waals surface area (Å²) in [7, 11) is 3.34. The molecule has 3 N–H and O–H groups in total. The van der Waals surface area contributed by atoms with E-state index in [2.05, 4.69) is 10.7 Å². The number of ether oxygens (including phenoxy) is 1. The molecule has 0 spiro atoms. The first kappa shape index (κ1) is 18.6. The summed E-state index contributed by atoms with van der Waals surface area (Å²) in [6.07, 6.45) is 6.01. The van der Waals surface area contributed by atoms with E-state index in [0.717, 1.165) is 18.4 Å². The smallest absolute Gasteiger partial charge is 0.377 e. The maximum atomic E-state index is 9.51. The second kappa shape index (κ2) is 8.86. The molecular formula is C12H28N2O5Si2. The number of primary amides is 1. The fraction of sp³-hybridized carbons (Fsp3) is 0.917. The fourth-order valence-corrected chi connectivity index (χ4v) is 4.56. The van der Waals surface area contributed by atoms with Crippen LogP contribution in [0.25, 0.3) is 0 Å². The van der Waals surface area contributed by atoms with Crippen molar-refractivity contribution in [3.8, 4) is 0 Å². The molecule has 3 atom stereocenters. The number of carbonyl (C=O) groups is 1. The topological polar surface area (TPSA) is 95.3 Å². The number of epoxide rings is 1. The molecule has 1 aliphatic carbocycles. The first-order valence-corrected chi connectivity index (χ1v) is 10.2. The molecule has 2 aliphatic rings. The maximum absolute atomic E-state index is 9.51. The third-order valence-electron chi connectivity index (χ3n) is 4.15. The van der Waals surface area contributed by atoms with Crippen LogP contribution in [-0.2, 0) is 18.0 Å². The summed E-state index contributed by atoms with van der Waals surface area (Å²) in [6, 6.07) is 0.482.